The molecule has 9 heteroatoms. The van der Waals surface area contributed by atoms with E-state index in [2.05, 4.69) is 15.4 Å². The van der Waals surface area contributed by atoms with Gasteiger partial charge < -0.3 is 10.2 Å². The summed E-state index contributed by atoms with van der Waals surface area (Å²) in [5.74, 6) is -0.550. The lowest BCUT2D eigenvalue weighted by molar-refractivity contribution is -0.885. The molecule has 0 spiro atoms. The fourth-order valence-electron chi connectivity index (χ4n) is 2.51. The third-order valence-electron chi connectivity index (χ3n) is 3.72. The minimum Gasteiger partial charge on any atom is -0.325 e. The van der Waals surface area contributed by atoms with Crippen molar-refractivity contribution in [2.24, 2.45) is 0 Å². The van der Waals surface area contributed by atoms with Crippen molar-refractivity contribution in [3.05, 3.63) is 57.2 Å². The van der Waals surface area contributed by atoms with Crippen LogP contribution in [0.15, 0.2) is 35.1 Å². The number of fused-ring (bicyclic) bond motifs is 1. The van der Waals surface area contributed by atoms with Gasteiger partial charge in [0.1, 0.15) is 23.1 Å². The highest BCUT2D eigenvalue weighted by molar-refractivity contribution is 7.16. The minimum absolute atomic E-state index is 0.196. The summed E-state index contributed by atoms with van der Waals surface area (Å²) in [6, 6.07) is 7.05. The molecule has 26 heavy (non-hydrogen) atoms. The topological polar surface area (TPSA) is 80.8 Å². The van der Waals surface area contributed by atoms with Crippen LogP contribution in [-0.2, 0) is 17.8 Å². The summed E-state index contributed by atoms with van der Waals surface area (Å²) in [6.45, 7) is 2.60. The van der Waals surface area contributed by atoms with Gasteiger partial charge in [0.25, 0.3) is 11.5 Å². The minimum atomic E-state index is -0.354. The number of anilines is 1. The number of carbonyl (C=O) groups excluding carboxylic acids is 1. The summed E-state index contributed by atoms with van der Waals surface area (Å²) in [7, 11) is 1.85. The van der Waals surface area contributed by atoms with E-state index in [9.17, 15) is 14.0 Å². The number of amides is 1. The fourth-order valence-corrected chi connectivity index (χ4v) is 3.37. The van der Waals surface area contributed by atoms with Gasteiger partial charge in [0.2, 0.25) is 4.96 Å². The third kappa shape index (κ3) is 4.30. The SMILES string of the molecule is CCc1nn2c(=O)cc(C[NH+](C)CC(=O)Nc3ccc(F)cc3)nc2s1. The van der Waals surface area contributed by atoms with Crippen LogP contribution in [0, 0.1) is 5.82 Å². The van der Waals surface area contributed by atoms with Crippen LogP contribution in [0.5, 0.6) is 0 Å². The van der Waals surface area contributed by atoms with Crippen LogP contribution in [0.4, 0.5) is 10.1 Å². The second kappa shape index (κ2) is 7.71. The van der Waals surface area contributed by atoms with E-state index in [0.717, 1.165) is 16.3 Å². The van der Waals surface area contributed by atoms with Gasteiger partial charge in [0.15, 0.2) is 6.54 Å². The Bertz CT molecular complexity index is 983. The van der Waals surface area contributed by atoms with E-state index >= 15 is 0 Å². The Labute approximate surface area is 153 Å². The molecule has 0 saturated carbocycles. The summed E-state index contributed by atoms with van der Waals surface area (Å²) in [6.07, 6.45) is 0.748. The number of hydrogen-bond donors (Lipinski definition) is 2. The lowest BCUT2D eigenvalue weighted by Crippen LogP contribution is -3.08. The van der Waals surface area contributed by atoms with E-state index in [0.29, 0.717) is 22.9 Å². The van der Waals surface area contributed by atoms with Gasteiger partial charge in [0, 0.05) is 11.8 Å². The lowest BCUT2D eigenvalue weighted by Gasteiger charge is -2.13. The average Bonchev–Trinajstić information content (AvgIpc) is 3.00. The highest BCUT2D eigenvalue weighted by atomic mass is 32.1. The summed E-state index contributed by atoms with van der Waals surface area (Å²) in [4.78, 5) is 30.2. The molecule has 1 unspecified atom stereocenters. The van der Waals surface area contributed by atoms with E-state index in [1.54, 1.807) is 0 Å². The van der Waals surface area contributed by atoms with Crippen LogP contribution in [0.25, 0.3) is 4.96 Å². The first kappa shape index (κ1) is 18.2. The molecule has 3 rings (SSSR count). The maximum absolute atomic E-state index is 12.9. The van der Waals surface area contributed by atoms with Crippen LogP contribution in [0.3, 0.4) is 0 Å². The Morgan fingerprint density at radius 1 is 1.35 bits per heavy atom. The smallest absolute Gasteiger partial charge is 0.279 e. The Kier molecular flexibility index (Phi) is 5.38. The quantitative estimate of drug-likeness (QED) is 0.657. The zero-order valence-electron chi connectivity index (χ0n) is 14.5. The highest BCUT2D eigenvalue weighted by Gasteiger charge is 2.14. The molecule has 2 heterocycles. The molecule has 7 nitrogen and oxygen atoms in total. The molecule has 0 aliphatic carbocycles. The monoisotopic (exact) mass is 376 g/mol. The molecular formula is C17H19FN5O2S+. The zero-order chi connectivity index (χ0) is 18.7. The van der Waals surface area contributed by atoms with Gasteiger partial charge in [-0.1, -0.05) is 18.3 Å². The molecule has 0 bridgehead atoms. The van der Waals surface area contributed by atoms with Crippen LogP contribution in [0.1, 0.15) is 17.6 Å². The molecule has 0 fully saturated rings. The van der Waals surface area contributed by atoms with E-state index in [4.69, 9.17) is 0 Å². The Balaban J connectivity index is 1.64. The van der Waals surface area contributed by atoms with Gasteiger partial charge in [0.05, 0.1) is 7.05 Å². The molecule has 3 aromatic rings. The number of rotatable bonds is 6. The van der Waals surface area contributed by atoms with Crippen molar-refractivity contribution in [2.75, 3.05) is 18.9 Å². The number of benzene rings is 1. The molecule has 1 amide bonds. The molecule has 0 aliphatic rings. The van der Waals surface area contributed by atoms with Gasteiger partial charge in [-0.05, 0) is 30.7 Å². The van der Waals surface area contributed by atoms with E-state index < -0.39 is 0 Å². The number of nitrogens with zero attached hydrogens (tertiary/aromatic N) is 3. The fraction of sp³-hybridized carbons (Fsp3) is 0.294. The van der Waals surface area contributed by atoms with Crippen LogP contribution < -0.4 is 15.8 Å². The molecule has 1 aromatic carbocycles. The number of nitrogens with one attached hydrogen (secondary N) is 2. The molecule has 0 saturated heterocycles. The van der Waals surface area contributed by atoms with Crippen molar-refractivity contribution in [1.29, 1.82) is 0 Å². The van der Waals surface area contributed by atoms with Gasteiger partial charge >= 0.3 is 0 Å². The molecule has 0 radical (unpaired) electrons. The second-order valence-corrected chi connectivity index (χ2v) is 7.04. The summed E-state index contributed by atoms with van der Waals surface area (Å²) >= 11 is 1.39. The molecular weight excluding hydrogens is 357 g/mol. The number of hydrogen-bond acceptors (Lipinski definition) is 5. The Morgan fingerprint density at radius 2 is 2.08 bits per heavy atom. The first-order chi connectivity index (χ1) is 12.4. The molecule has 1 atom stereocenters. The Hall–Kier alpha value is -2.65. The standard InChI is InChI=1S/C17H18FN5O2S/c1-3-15-21-23-16(25)8-13(20-17(23)26-15)9-22(2)10-14(24)19-12-6-4-11(18)5-7-12/h4-8H,3,9-10H2,1-2H3,(H,19,24)/p+1. The molecule has 0 aliphatic heterocycles. The van der Waals surface area contributed by atoms with Crippen molar-refractivity contribution in [1.82, 2.24) is 14.6 Å². The zero-order valence-corrected chi connectivity index (χ0v) is 15.3. The first-order valence-corrected chi connectivity index (χ1v) is 9.01. The van der Waals surface area contributed by atoms with E-state index in [1.165, 1.54) is 46.2 Å². The predicted octanol–water partition coefficient (Wildman–Crippen LogP) is 0.506. The summed E-state index contributed by atoms with van der Waals surface area (Å²) < 4.78 is 14.2. The van der Waals surface area contributed by atoms with Gasteiger partial charge in [-0.3, -0.25) is 9.59 Å². The van der Waals surface area contributed by atoms with Crippen molar-refractivity contribution < 1.29 is 14.1 Å². The van der Waals surface area contributed by atoms with Crippen molar-refractivity contribution in [2.45, 2.75) is 19.9 Å². The molecule has 2 aromatic heterocycles. The number of quaternary nitrogens is 1. The normalized spacial score (nSPS) is 12.3. The lowest BCUT2D eigenvalue weighted by atomic mass is 10.3. The second-order valence-electron chi connectivity index (χ2n) is 6.00. The van der Waals surface area contributed by atoms with E-state index in [-0.39, 0.29) is 23.8 Å². The number of likely N-dealkylation sites (N-methyl/N-ethyl adjacent to an activating group) is 1. The summed E-state index contributed by atoms with van der Waals surface area (Å²) in [5, 5.41) is 7.79. The summed E-state index contributed by atoms with van der Waals surface area (Å²) in [5.41, 5.74) is 0.941. The van der Waals surface area contributed by atoms with Crippen molar-refractivity contribution in [3.8, 4) is 0 Å². The van der Waals surface area contributed by atoms with Crippen LogP contribution in [-0.4, -0.2) is 34.1 Å². The number of aromatic nitrogens is 3. The van der Waals surface area contributed by atoms with E-state index in [1.807, 2.05) is 14.0 Å². The van der Waals surface area contributed by atoms with Gasteiger partial charge in [-0.15, -0.1) is 0 Å². The van der Waals surface area contributed by atoms with Crippen LogP contribution >= 0.6 is 11.3 Å². The number of aryl methyl sites for hydroxylation is 1. The first-order valence-electron chi connectivity index (χ1n) is 8.20. The molecule has 136 valence electrons. The maximum atomic E-state index is 12.9. The largest absolute Gasteiger partial charge is 0.325 e. The van der Waals surface area contributed by atoms with Gasteiger partial charge in [-0.25, -0.2) is 9.37 Å². The number of carbonyl (C=O) groups is 1. The molecule has 2 N–H and O–H groups in total. The Morgan fingerprint density at radius 3 is 2.77 bits per heavy atom. The number of halogens is 1. The van der Waals surface area contributed by atoms with Crippen LogP contribution in [0.2, 0.25) is 0 Å². The maximum Gasteiger partial charge on any atom is 0.279 e. The van der Waals surface area contributed by atoms with Crippen molar-refractivity contribution >= 4 is 27.9 Å². The van der Waals surface area contributed by atoms with Gasteiger partial charge in [-0.2, -0.15) is 9.61 Å². The van der Waals surface area contributed by atoms with Crippen molar-refractivity contribution in [3.63, 3.8) is 0 Å². The average molecular weight is 376 g/mol. The predicted molar refractivity (Wildman–Crippen MR) is 97.0 cm³/mol. The third-order valence-corrected chi connectivity index (χ3v) is 4.77. The highest BCUT2D eigenvalue weighted by Crippen LogP contribution is 2.11.